The summed E-state index contributed by atoms with van der Waals surface area (Å²) < 4.78 is 6.74. The minimum Gasteiger partial charge on any atom is -0.448 e. The summed E-state index contributed by atoms with van der Waals surface area (Å²) >= 11 is 0. The number of carbonyl (C=O) groups is 2. The van der Waals surface area contributed by atoms with Gasteiger partial charge >= 0.3 is 5.97 Å². The molecule has 0 bridgehead atoms. The Morgan fingerprint density at radius 1 is 1.28 bits per heavy atom. The van der Waals surface area contributed by atoms with Gasteiger partial charge in [0.1, 0.15) is 0 Å². The largest absolute Gasteiger partial charge is 0.448 e. The van der Waals surface area contributed by atoms with E-state index in [4.69, 9.17) is 10.5 Å². The first-order chi connectivity index (χ1) is 12.0. The number of hydrogen-bond donors (Lipinski definition) is 2. The van der Waals surface area contributed by atoms with Crippen LogP contribution >= 0.6 is 0 Å². The second-order valence-electron chi connectivity index (χ2n) is 6.24. The van der Waals surface area contributed by atoms with E-state index in [-0.39, 0.29) is 17.6 Å². The van der Waals surface area contributed by atoms with Crippen LogP contribution in [0.1, 0.15) is 43.1 Å². The number of carbonyl (C=O) groups excluding carboxylic acids is 2. The third-order valence-electron chi connectivity index (χ3n) is 4.34. The Morgan fingerprint density at radius 3 is 2.72 bits per heavy atom. The predicted octanol–water partition coefficient (Wildman–Crippen LogP) is 2.06. The number of nitrogens with zero attached hydrogens (tertiary/aromatic N) is 2. The predicted molar refractivity (Wildman–Crippen MR) is 93.3 cm³/mol. The highest BCUT2D eigenvalue weighted by molar-refractivity contribution is 5.90. The molecule has 0 saturated heterocycles. The summed E-state index contributed by atoms with van der Waals surface area (Å²) in [7, 11) is 0. The molecular formula is C18H22N4O3. The number of ether oxygens (including phenoxy) is 1. The normalized spacial score (nSPS) is 15.7. The van der Waals surface area contributed by atoms with E-state index in [0.29, 0.717) is 11.4 Å². The molecule has 2 aromatic rings. The van der Waals surface area contributed by atoms with Gasteiger partial charge in [-0.05, 0) is 38.0 Å². The van der Waals surface area contributed by atoms with E-state index in [1.54, 1.807) is 25.3 Å². The summed E-state index contributed by atoms with van der Waals surface area (Å²) in [5, 5.41) is 7.10. The zero-order valence-corrected chi connectivity index (χ0v) is 14.1. The quantitative estimate of drug-likeness (QED) is 0.640. The van der Waals surface area contributed by atoms with E-state index in [1.165, 1.54) is 10.7 Å². The number of nitrogens with one attached hydrogen (secondary N) is 1. The first-order valence-electron chi connectivity index (χ1n) is 8.46. The molecule has 1 amide bonds. The Morgan fingerprint density at radius 2 is 2.00 bits per heavy atom. The van der Waals surface area contributed by atoms with Crippen molar-refractivity contribution in [1.29, 1.82) is 0 Å². The first-order valence-corrected chi connectivity index (χ1v) is 8.46. The third-order valence-corrected chi connectivity index (χ3v) is 4.34. The molecule has 1 heterocycles. The Kier molecular flexibility index (Phi) is 5.02. The number of para-hydroxylation sites is 2. The fourth-order valence-electron chi connectivity index (χ4n) is 2.93. The van der Waals surface area contributed by atoms with Crippen LogP contribution in [-0.2, 0) is 9.53 Å². The number of benzene rings is 1. The maximum absolute atomic E-state index is 12.2. The average molecular weight is 342 g/mol. The molecule has 132 valence electrons. The molecule has 7 nitrogen and oxygen atoms in total. The second kappa shape index (κ2) is 7.38. The zero-order valence-electron chi connectivity index (χ0n) is 14.1. The minimum atomic E-state index is -0.861. The SMILES string of the molecule is CC(OC(=O)c1ccn(-c2ccccc2N)n1)C(=O)NC1CCCC1. The van der Waals surface area contributed by atoms with Gasteiger partial charge in [-0.3, -0.25) is 4.79 Å². The van der Waals surface area contributed by atoms with Crippen LogP contribution in [0.2, 0.25) is 0 Å². The Hall–Kier alpha value is -2.83. The third kappa shape index (κ3) is 3.99. The van der Waals surface area contributed by atoms with E-state index in [0.717, 1.165) is 25.7 Å². The fourth-order valence-corrected chi connectivity index (χ4v) is 2.93. The van der Waals surface area contributed by atoms with Gasteiger partial charge in [0.25, 0.3) is 5.91 Å². The summed E-state index contributed by atoms with van der Waals surface area (Å²) in [6.45, 7) is 1.56. The lowest BCUT2D eigenvalue weighted by Crippen LogP contribution is -2.40. The van der Waals surface area contributed by atoms with Gasteiger partial charge in [0.05, 0.1) is 11.4 Å². The number of hydrogen-bond acceptors (Lipinski definition) is 5. The van der Waals surface area contributed by atoms with Crippen molar-refractivity contribution in [1.82, 2.24) is 15.1 Å². The van der Waals surface area contributed by atoms with Crippen LogP contribution in [0.5, 0.6) is 0 Å². The average Bonchev–Trinajstić information content (AvgIpc) is 3.26. The van der Waals surface area contributed by atoms with Crippen LogP contribution in [-0.4, -0.2) is 33.8 Å². The van der Waals surface area contributed by atoms with Gasteiger partial charge in [0, 0.05) is 12.2 Å². The van der Waals surface area contributed by atoms with Crippen molar-refractivity contribution in [3.05, 3.63) is 42.2 Å². The van der Waals surface area contributed by atoms with Gasteiger partial charge in [-0.2, -0.15) is 5.10 Å². The van der Waals surface area contributed by atoms with Crippen molar-refractivity contribution in [2.75, 3.05) is 5.73 Å². The Balaban J connectivity index is 1.61. The maximum Gasteiger partial charge on any atom is 0.359 e. The maximum atomic E-state index is 12.2. The Bertz CT molecular complexity index is 765. The minimum absolute atomic E-state index is 0.128. The molecule has 1 aromatic carbocycles. The summed E-state index contributed by atoms with van der Waals surface area (Å²) in [4.78, 5) is 24.3. The molecule has 1 saturated carbocycles. The standard InChI is InChI=1S/C18H22N4O3/c1-12(17(23)20-13-6-2-3-7-13)25-18(24)15-10-11-22(21-15)16-9-5-4-8-14(16)19/h4-5,8-13H,2-3,6-7,19H2,1H3,(H,20,23). The van der Waals surface area contributed by atoms with Crippen molar-refractivity contribution in [2.45, 2.75) is 44.8 Å². The van der Waals surface area contributed by atoms with Gasteiger partial charge in [-0.15, -0.1) is 0 Å². The highest BCUT2D eigenvalue weighted by atomic mass is 16.5. The number of nitrogens with two attached hydrogens (primary N) is 1. The van der Waals surface area contributed by atoms with Crippen molar-refractivity contribution in [3.63, 3.8) is 0 Å². The van der Waals surface area contributed by atoms with Crippen LogP contribution in [0.15, 0.2) is 36.5 Å². The van der Waals surface area contributed by atoms with E-state index in [2.05, 4.69) is 10.4 Å². The first kappa shape index (κ1) is 17.0. The van der Waals surface area contributed by atoms with Gasteiger partial charge in [-0.1, -0.05) is 25.0 Å². The smallest absolute Gasteiger partial charge is 0.359 e. The van der Waals surface area contributed by atoms with Gasteiger partial charge in [0.2, 0.25) is 0 Å². The molecule has 1 atom stereocenters. The highest BCUT2D eigenvalue weighted by Gasteiger charge is 2.24. The lowest BCUT2D eigenvalue weighted by Gasteiger charge is -2.16. The number of esters is 1. The second-order valence-corrected chi connectivity index (χ2v) is 6.24. The molecule has 1 aromatic heterocycles. The molecule has 25 heavy (non-hydrogen) atoms. The molecule has 1 fully saturated rings. The number of amides is 1. The number of rotatable bonds is 5. The summed E-state index contributed by atoms with van der Waals surface area (Å²) in [6.07, 6.45) is 4.98. The van der Waals surface area contributed by atoms with E-state index in [9.17, 15) is 9.59 Å². The van der Waals surface area contributed by atoms with Crippen LogP contribution in [0.3, 0.4) is 0 Å². The molecular weight excluding hydrogens is 320 g/mol. The topological polar surface area (TPSA) is 99.2 Å². The summed E-state index contributed by atoms with van der Waals surface area (Å²) in [6, 6.07) is 8.94. The summed E-state index contributed by atoms with van der Waals surface area (Å²) in [5.74, 6) is -0.908. The molecule has 1 aliphatic carbocycles. The molecule has 1 aliphatic rings. The highest BCUT2D eigenvalue weighted by Crippen LogP contribution is 2.18. The van der Waals surface area contributed by atoms with E-state index < -0.39 is 12.1 Å². The molecule has 0 aliphatic heterocycles. The van der Waals surface area contributed by atoms with Crippen LogP contribution in [0.4, 0.5) is 5.69 Å². The lowest BCUT2D eigenvalue weighted by atomic mass is 10.2. The van der Waals surface area contributed by atoms with Gasteiger partial charge in [-0.25, -0.2) is 9.48 Å². The van der Waals surface area contributed by atoms with Crippen LogP contribution < -0.4 is 11.1 Å². The van der Waals surface area contributed by atoms with Gasteiger partial charge < -0.3 is 15.8 Å². The van der Waals surface area contributed by atoms with Crippen molar-refractivity contribution in [2.24, 2.45) is 0 Å². The van der Waals surface area contributed by atoms with Crippen molar-refractivity contribution >= 4 is 17.6 Å². The van der Waals surface area contributed by atoms with Crippen LogP contribution in [0.25, 0.3) is 5.69 Å². The molecule has 0 radical (unpaired) electrons. The van der Waals surface area contributed by atoms with Crippen molar-refractivity contribution < 1.29 is 14.3 Å². The summed E-state index contributed by atoms with van der Waals surface area (Å²) in [5.41, 5.74) is 7.26. The van der Waals surface area contributed by atoms with Crippen LogP contribution in [0, 0.1) is 0 Å². The van der Waals surface area contributed by atoms with E-state index in [1.807, 2.05) is 12.1 Å². The van der Waals surface area contributed by atoms with Crippen molar-refractivity contribution in [3.8, 4) is 5.69 Å². The molecule has 3 rings (SSSR count). The lowest BCUT2D eigenvalue weighted by molar-refractivity contribution is -0.129. The monoisotopic (exact) mass is 342 g/mol. The number of anilines is 1. The molecule has 0 spiro atoms. The van der Waals surface area contributed by atoms with E-state index >= 15 is 0 Å². The fraction of sp³-hybridized carbons (Fsp3) is 0.389. The number of aromatic nitrogens is 2. The molecule has 7 heteroatoms. The van der Waals surface area contributed by atoms with Gasteiger partial charge in [0.15, 0.2) is 11.8 Å². The Labute approximate surface area is 146 Å². The molecule has 1 unspecified atom stereocenters. The molecule has 3 N–H and O–H groups in total. The number of nitrogen functional groups attached to an aromatic ring is 1. The zero-order chi connectivity index (χ0) is 17.8.